The lowest BCUT2D eigenvalue weighted by Crippen LogP contribution is -2.44. The zero-order valence-corrected chi connectivity index (χ0v) is 15.6. The smallest absolute Gasteiger partial charge is 0.176 e. The largest absolute Gasteiger partial charge is 0.351 e. The van der Waals surface area contributed by atoms with E-state index in [1.807, 2.05) is 41.3 Å². The van der Waals surface area contributed by atoms with Crippen molar-refractivity contribution in [3.05, 3.63) is 71.6 Å². The van der Waals surface area contributed by atoms with E-state index in [0.29, 0.717) is 5.56 Å². The Morgan fingerprint density at radius 3 is 2.41 bits per heavy atom. The van der Waals surface area contributed by atoms with Gasteiger partial charge < -0.3 is 4.90 Å². The first-order valence-electron chi connectivity index (χ1n) is 9.78. The van der Waals surface area contributed by atoms with Crippen molar-refractivity contribution in [2.45, 2.75) is 30.8 Å². The summed E-state index contributed by atoms with van der Waals surface area (Å²) in [6.45, 7) is 0. The van der Waals surface area contributed by atoms with Gasteiger partial charge >= 0.3 is 0 Å². The third-order valence-electron chi connectivity index (χ3n) is 6.42. The summed E-state index contributed by atoms with van der Waals surface area (Å²) in [6, 6.07) is 16.9. The standard InChI is InChI=1S/C24H18FN3O/c25-18-10-7-16(8-11-18)21-22(23(29)17-5-6-17)28-19-4-2-1-3-15(19)9-12-20(28)24(21,13-26)14-27/h1-4,7-12,17,20-22H,5-6H2. The number of carbonyl (C=O) groups is 1. The molecule has 1 saturated carbocycles. The molecule has 2 aliphatic heterocycles. The van der Waals surface area contributed by atoms with Crippen LogP contribution in [0.3, 0.4) is 0 Å². The molecule has 2 fully saturated rings. The molecule has 0 aromatic heterocycles. The number of anilines is 1. The van der Waals surface area contributed by atoms with Gasteiger partial charge in [-0.1, -0.05) is 42.5 Å². The Hall–Kier alpha value is -3.44. The van der Waals surface area contributed by atoms with Crippen LogP contribution >= 0.6 is 0 Å². The molecule has 5 rings (SSSR count). The van der Waals surface area contributed by atoms with Crippen LogP contribution in [0.25, 0.3) is 6.08 Å². The fourth-order valence-corrected chi connectivity index (χ4v) is 4.91. The summed E-state index contributed by atoms with van der Waals surface area (Å²) in [5.41, 5.74) is 1.02. The molecule has 4 nitrogen and oxygen atoms in total. The highest BCUT2D eigenvalue weighted by Crippen LogP contribution is 2.56. The number of fused-ring (bicyclic) bond motifs is 3. The van der Waals surface area contributed by atoms with Crippen molar-refractivity contribution in [1.29, 1.82) is 10.5 Å². The van der Waals surface area contributed by atoms with Crippen molar-refractivity contribution in [3.63, 3.8) is 0 Å². The normalized spacial score (nSPS) is 26.2. The fraction of sp³-hybridized carbons (Fsp3) is 0.292. The molecular formula is C24H18FN3O. The second-order valence-corrected chi connectivity index (χ2v) is 8.01. The maximum atomic E-state index is 13.6. The predicted octanol–water partition coefficient (Wildman–Crippen LogP) is 4.21. The van der Waals surface area contributed by atoms with Crippen LogP contribution < -0.4 is 4.90 Å². The van der Waals surface area contributed by atoms with Crippen molar-refractivity contribution in [2.75, 3.05) is 4.90 Å². The van der Waals surface area contributed by atoms with Crippen LogP contribution in [-0.2, 0) is 4.79 Å². The van der Waals surface area contributed by atoms with Crippen LogP contribution in [0, 0.1) is 39.8 Å². The minimum Gasteiger partial charge on any atom is -0.351 e. The predicted molar refractivity (Wildman–Crippen MR) is 106 cm³/mol. The van der Waals surface area contributed by atoms with Crippen molar-refractivity contribution >= 4 is 17.5 Å². The molecule has 3 unspecified atom stereocenters. The van der Waals surface area contributed by atoms with Gasteiger partial charge in [0.15, 0.2) is 11.2 Å². The Morgan fingerprint density at radius 1 is 1.07 bits per heavy atom. The molecule has 2 aromatic carbocycles. The summed E-state index contributed by atoms with van der Waals surface area (Å²) in [6.07, 6.45) is 5.47. The van der Waals surface area contributed by atoms with E-state index in [4.69, 9.17) is 0 Å². The number of para-hydroxylation sites is 1. The third-order valence-corrected chi connectivity index (χ3v) is 6.42. The molecule has 29 heavy (non-hydrogen) atoms. The molecule has 2 heterocycles. The van der Waals surface area contributed by atoms with E-state index in [-0.39, 0.29) is 17.5 Å². The van der Waals surface area contributed by atoms with E-state index >= 15 is 0 Å². The van der Waals surface area contributed by atoms with Gasteiger partial charge in [-0.25, -0.2) is 4.39 Å². The number of halogens is 1. The Balaban J connectivity index is 1.76. The quantitative estimate of drug-likeness (QED) is 0.796. The number of ketones is 1. The van der Waals surface area contributed by atoms with Crippen molar-refractivity contribution in [3.8, 4) is 12.1 Å². The van der Waals surface area contributed by atoms with Crippen molar-refractivity contribution in [1.82, 2.24) is 0 Å². The molecule has 0 amide bonds. The molecule has 3 atom stereocenters. The average Bonchev–Trinajstić information content (AvgIpc) is 3.56. The highest BCUT2D eigenvalue weighted by atomic mass is 19.1. The molecule has 2 aromatic rings. The molecule has 0 N–H and O–H groups in total. The summed E-state index contributed by atoms with van der Waals surface area (Å²) in [5, 5.41) is 20.5. The summed E-state index contributed by atoms with van der Waals surface area (Å²) >= 11 is 0. The van der Waals surface area contributed by atoms with Crippen LogP contribution in [0.4, 0.5) is 10.1 Å². The van der Waals surface area contributed by atoms with Crippen LogP contribution in [0.5, 0.6) is 0 Å². The average molecular weight is 383 g/mol. The SMILES string of the molecule is N#CC1(C#N)C(c2ccc(F)cc2)C(C(=O)C2CC2)N2c3ccccc3C=CC21. The van der Waals surface area contributed by atoms with E-state index < -0.39 is 23.4 Å². The molecule has 5 heteroatoms. The van der Waals surface area contributed by atoms with E-state index in [0.717, 1.165) is 24.1 Å². The van der Waals surface area contributed by atoms with E-state index in [1.54, 1.807) is 12.1 Å². The van der Waals surface area contributed by atoms with E-state index in [1.165, 1.54) is 12.1 Å². The number of carbonyl (C=O) groups excluding carboxylic acids is 1. The van der Waals surface area contributed by atoms with Gasteiger partial charge in [0.1, 0.15) is 5.82 Å². The lowest BCUT2D eigenvalue weighted by atomic mass is 9.69. The lowest BCUT2D eigenvalue weighted by molar-refractivity contribution is -0.121. The van der Waals surface area contributed by atoms with Crippen LogP contribution in [0.1, 0.15) is 29.9 Å². The van der Waals surface area contributed by atoms with E-state index in [2.05, 4.69) is 12.1 Å². The Morgan fingerprint density at radius 2 is 1.76 bits per heavy atom. The van der Waals surface area contributed by atoms with Crippen LogP contribution in [0.15, 0.2) is 54.6 Å². The monoisotopic (exact) mass is 383 g/mol. The third kappa shape index (κ3) is 2.44. The molecule has 0 bridgehead atoms. The minimum absolute atomic E-state index is 0.0325. The Kier molecular flexibility index (Phi) is 3.83. The first-order valence-corrected chi connectivity index (χ1v) is 9.78. The number of benzene rings is 2. The van der Waals surface area contributed by atoms with Gasteiger partial charge in [-0.15, -0.1) is 0 Å². The zero-order valence-electron chi connectivity index (χ0n) is 15.6. The number of hydrogen-bond donors (Lipinski definition) is 0. The van der Waals surface area contributed by atoms with Gasteiger partial charge in [-0.2, -0.15) is 10.5 Å². The van der Waals surface area contributed by atoms with Crippen molar-refractivity contribution in [2.24, 2.45) is 11.3 Å². The number of rotatable bonds is 3. The Bertz CT molecular complexity index is 1090. The molecule has 142 valence electrons. The summed E-state index contributed by atoms with van der Waals surface area (Å²) in [5.74, 6) is -1.01. The number of nitrogens with zero attached hydrogens (tertiary/aromatic N) is 3. The van der Waals surface area contributed by atoms with Crippen LogP contribution in [0.2, 0.25) is 0 Å². The second kappa shape index (κ2) is 6.29. The van der Waals surface area contributed by atoms with Gasteiger partial charge in [0, 0.05) is 17.5 Å². The van der Waals surface area contributed by atoms with Gasteiger partial charge in [0.05, 0.1) is 24.2 Å². The fourth-order valence-electron chi connectivity index (χ4n) is 4.91. The number of nitriles is 2. The maximum absolute atomic E-state index is 13.6. The number of Topliss-reactive ketones (excluding diaryl/α,β-unsaturated/α-hetero) is 1. The highest BCUT2D eigenvalue weighted by molar-refractivity contribution is 5.95. The zero-order chi connectivity index (χ0) is 20.2. The first kappa shape index (κ1) is 17.6. The molecule has 1 aliphatic carbocycles. The summed E-state index contributed by atoms with van der Waals surface area (Å²) in [7, 11) is 0. The maximum Gasteiger partial charge on any atom is 0.176 e. The van der Waals surface area contributed by atoms with Gasteiger partial charge in [-0.3, -0.25) is 4.79 Å². The summed E-state index contributed by atoms with van der Waals surface area (Å²) in [4.78, 5) is 15.5. The van der Waals surface area contributed by atoms with Gasteiger partial charge in [0.2, 0.25) is 0 Å². The topological polar surface area (TPSA) is 67.9 Å². The minimum atomic E-state index is -1.45. The molecule has 1 saturated heterocycles. The van der Waals surface area contributed by atoms with Gasteiger partial charge in [0.25, 0.3) is 0 Å². The van der Waals surface area contributed by atoms with Crippen molar-refractivity contribution < 1.29 is 9.18 Å². The molecule has 0 spiro atoms. The lowest BCUT2D eigenvalue weighted by Gasteiger charge is -2.35. The summed E-state index contributed by atoms with van der Waals surface area (Å²) < 4.78 is 13.6. The second-order valence-electron chi connectivity index (χ2n) is 8.01. The number of hydrogen-bond acceptors (Lipinski definition) is 4. The highest BCUT2D eigenvalue weighted by Gasteiger charge is 2.64. The molecular weight excluding hydrogens is 365 g/mol. The van der Waals surface area contributed by atoms with Gasteiger partial charge in [-0.05, 0) is 42.2 Å². The molecule has 3 aliphatic rings. The Labute approximate surface area is 168 Å². The van der Waals surface area contributed by atoms with Crippen LogP contribution in [-0.4, -0.2) is 17.9 Å². The first-order chi connectivity index (χ1) is 14.1. The molecule has 0 radical (unpaired) electrons. The van der Waals surface area contributed by atoms with E-state index in [9.17, 15) is 19.7 Å².